The third-order valence-electron chi connectivity index (χ3n) is 2.02. The molecule has 1 aromatic carbocycles. The Morgan fingerprint density at radius 1 is 1.50 bits per heavy atom. The van der Waals surface area contributed by atoms with Crippen molar-refractivity contribution in [1.82, 2.24) is 4.72 Å². The van der Waals surface area contributed by atoms with E-state index in [0.717, 1.165) is 5.75 Å². The molecule has 0 aliphatic carbocycles. The van der Waals surface area contributed by atoms with Gasteiger partial charge in [-0.25, -0.2) is 13.1 Å². The van der Waals surface area contributed by atoms with Crippen LogP contribution in [-0.2, 0) is 10.0 Å². The highest BCUT2D eigenvalue weighted by Gasteiger charge is 2.17. The first kappa shape index (κ1) is 15.4. The van der Waals surface area contributed by atoms with Crippen LogP contribution in [0.1, 0.15) is 0 Å². The van der Waals surface area contributed by atoms with Gasteiger partial charge in [0.2, 0.25) is 10.0 Å². The Balaban J connectivity index is 2.65. The van der Waals surface area contributed by atoms with Gasteiger partial charge in [-0.15, -0.1) is 6.58 Å². The molecule has 1 rings (SSSR count). The van der Waals surface area contributed by atoms with Crippen LogP contribution in [0, 0.1) is 0 Å². The van der Waals surface area contributed by atoms with Crippen LogP contribution in [0.3, 0.4) is 0 Å². The number of thioether (sulfide) groups is 1. The van der Waals surface area contributed by atoms with E-state index in [0.29, 0.717) is 18.0 Å². The quantitative estimate of drug-likeness (QED) is 0.460. The van der Waals surface area contributed by atoms with E-state index in [-0.39, 0.29) is 9.92 Å². The van der Waals surface area contributed by atoms with E-state index in [9.17, 15) is 8.42 Å². The first-order chi connectivity index (χ1) is 8.47. The third-order valence-corrected chi connectivity index (χ3v) is 4.93. The summed E-state index contributed by atoms with van der Waals surface area (Å²) in [6.45, 7) is 3.93. The van der Waals surface area contributed by atoms with Crippen LogP contribution in [0.15, 0.2) is 35.7 Å². The Morgan fingerprint density at radius 2 is 2.22 bits per heavy atom. The van der Waals surface area contributed by atoms with Crippen molar-refractivity contribution in [3.63, 3.8) is 0 Å². The lowest BCUT2D eigenvalue weighted by Crippen LogP contribution is -2.26. The molecule has 0 saturated carbocycles. The molecule has 0 heterocycles. The van der Waals surface area contributed by atoms with Crippen molar-refractivity contribution in [3.05, 3.63) is 35.9 Å². The van der Waals surface area contributed by atoms with E-state index < -0.39 is 10.0 Å². The molecule has 18 heavy (non-hydrogen) atoms. The summed E-state index contributed by atoms with van der Waals surface area (Å²) in [5.74, 6) is 1.47. The minimum atomic E-state index is -3.57. The minimum Gasteiger partial charge on any atom is -0.399 e. The van der Waals surface area contributed by atoms with E-state index in [1.807, 2.05) is 0 Å². The predicted octanol–water partition coefficient (Wildman–Crippen LogP) is 2.12. The molecule has 3 N–H and O–H groups in total. The maximum Gasteiger partial charge on any atom is 0.242 e. The number of anilines is 1. The van der Waals surface area contributed by atoms with Gasteiger partial charge in [-0.3, -0.25) is 0 Å². The summed E-state index contributed by atoms with van der Waals surface area (Å²) in [6, 6.07) is 4.33. The molecule has 0 atom stereocenters. The van der Waals surface area contributed by atoms with Gasteiger partial charge in [0, 0.05) is 23.7 Å². The number of halogens is 1. The largest absolute Gasteiger partial charge is 0.399 e. The van der Waals surface area contributed by atoms with Crippen molar-refractivity contribution in [3.8, 4) is 0 Å². The third kappa shape index (κ3) is 4.53. The fourth-order valence-corrected chi connectivity index (χ4v) is 3.52. The number of sulfonamides is 1. The summed E-state index contributed by atoms with van der Waals surface area (Å²) in [5.41, 5.74) is 5.94. The summed E-state index contributed by atoms with van der Waals surface area (Å²) in [4.78, 5) is 0.0482. The molecule has 0 bridgehead atoms. The van der Waals surface area contributed by atoms with Gasteiger partial charge >= 0.3 is 0 Å². The Morgan fingerprint density at radius 3 is 2.83 bits per heavy atom. The van der Waals surface area contributed by atoms with E-state index in [2.05, 4.69) is 11.3 Å². The van der Waals surface area contributed by atoms with Gasteiger partial charge in [0.15, 0.2) is 0 Å². The van der Waals surface area contributed by atoms with Crippen molar-refractivity contribution in [2.24, 2.45) is 0 Å². The molecule has 0 aromatic heterocycles. The SMILES string of the molecule is C=CCSCCNS(=O)(=O)c1ccc(N)cc1Cl. The summed E-state index contributed by atoms with van der Waals surface area (Å²) in [5, 5.41) is 0.126. The van der Waals surface area contributed by atoms with Crippen molar-refractivity contribution >= 4 is 39.1 Å². The van der Waals surface area contributed by atoms with Crippen molar-refractivity contribution in [1.29, 1.82) is 0 Å². The lowest BCUT2D eigenvalue weighted by molar-refractivity contribution is 0.584. The highest BCUT2D eigenvalue weighted by molar-refractivity contribution is 7.99. The van der Waals surface area contributed by atoms with Crippen LogP contribution in [0.5, 0.6) is 0 Å². The van der Waals surface area contributed by atoms with Gasteiger partial charge in [0.1, 0.15) is 4.90 Å². The molecule has 7 heteroatoms. The van der Waals surface area contributed by atoms with Crippen LogP contribution in [0.4, 0.5) is 5.69 Å². The Kier molecular flexibility index (Phi) is 6.01. The van der Waals surface area contributed by atoms with Gasteiger partial charge in [-0.05, 0) is 18.2 Å². The Hall–Kier alpha value is -0.690. The average molecular weight is 307 g/mol. The van der Waals surface area contributed by atoms with E-state index in [1.54, 1.807) is 17.8 Å². The summed E-state index contributed by atoms with van der Waals surface area (Å²) in [7, 11) is -3.57. The van der Waals surface area contributed by atoms with Gasteiger partial charge in [0.25, 0.3) is 0 Å². The first-order valence-corrected chi connectivity index (χ1v) is 8.22. The molecule has 0 spiro atoms. The van der Waals surface area contributed by atoms with Gasteiger partial charge in [-0.2, -0.15) is 11.8 Å². The highest BCUT2D eigenvalue weighted by Crippen LogP contribution is 2.23. The molecule has 0 aliphatic rings. The number of benzene rings is 1. The Bertz CT molecular complexity index is 518. The topological polar surface area (TPSA) is 72.2 Å². The minimum absolute atomic E-state index is 0.0482. The molecule has 0 radical (unpaired) electrons. The van der Waals surface area contributed by atoms with E-state index in [1.165, 1.54) is 18.2 Å². The van der Waals surface area contributed by atoms with Crippen LogP contribution >= 0.6 is 23.4 Å². The number of hydrogen-bond acceptors (Lipinski definition) is 4. The van der Waals surface area contributed by atoms with Crippen LogP contribution < -0.4 is 10.5 Å². The van der Waals surface area contributed by atoms with Crippen LogP contribution in [0.25, 0.3) is 0 Å². The average Bonchev–Trinajstić information content (AvgIpc) is 2.28. The second-order valence-corrected chi connectivity index (χ2v) is 6.74. The number of rotatable bonds is 7. The number of nitrogen functional groups attached to an aromatic ring is 1. The summed E-state index contributed by atoms with van der Waals surface area (Å²) < 4.78 is 26.3. The second-order valence-electron chi connectivity index (χ2n) is 3.45. The fourth-order valence-electron chi connectivity index (χ4n) is 1.23. The predicted molar refractivity (Wildman–Crippen MR) is 78.6 cm³/mol. The van der Waals surface area contributed by atoms with Gasteiger partial charge < -0.3 is 5.73 Å². The molecule has 0 aliphatic heterocycles. The van der Waals surface area contributed by atoms with Crippen molar-refractivity contribution in [2.45, 2.75) is 4.90 Å². The molecule has 1 aromatic rings. The fraction of sp³-hybridized carbons (Fsp3) is 0.273. The second kappa shape index (κ2) is 7.04. The molecule has 0 saturated heterocycles. The van der Waals surface area contributed by atoms with E-state index >= 15 is 0 Å². The summed E-state index contributed by atoms with van der Waals surface area (Å²) in [6.07, 6.45) is 1.77. The van der Waals surface area contributed by atoms with Crippen molar-refractivity contribution < 1.29 is 8.42 Å². The zero-order chi connectivity index (χ0) is 13.6. The smallest absolute Gasteiger partial charge is 0.242 e. The monoisotopic (exact) mass is 306 g/mol. The molecule has 0 unspecified atom stereocenters. The molecule has 0 amide bonds. The Labute approximate surface area is 117 Å². The first-order valence-electron chi connectivity index (χ1n) is 5.20. The molecule has 0 fully saturated rings. The number of hydrogen-bond donors (Lipinski definition) is 2. The maximum absolute atomic E-state index is 11.9. The van der Waals surface area contributed by atoms with Gasteiger partial charge in [-0.1, -0.05) is 17.7 Å². The molecular weight excluding hydrogens is 292 g/mol. The van der Waals surface area contributed by atoms with Crippen LogP contribution in [0.2, 0.25) is 5.02 Å². The molecule has 4 nitrogen and oxygen atoms in total. The molecule has 100 valence electrons. The van der Waals surface area contributed by atoms with Gasteiger partial charge in [0.05, 0.1) is 5.02 Å². The standard InChI is InChI=1S/C11H15ClN2O2S2/c1-2-6-17-7-5-14-18(15,16)11-4-3-9(13)8-10(11)12/h2-4,8,14H,1,5-7,13H2. The lowest BCUT2D eigenvalue weighted by atomic mass is 10.3. The van der Waals surface area contributed by atoms with Crippen molar-refractivity contribution in [2.75, 3.05) is 23.8 Å². The highest BCUT2D eigenvalue weighted by atomic mass is 35.5. The number of nitrogens with two attached hydrogens (primary N) is 1. The lowest BCUT2D eigenvalue weighted by Gasteiger charge is -2.08. The summed E-state index contributed by atoms with van der Waals surface area (Å²) >= 11 is 7.46. The molecular formula is C11H15ClN2O2S2. The van der Waals surface area contributed by atoms with Crippen LogP contribution in [-0.4, -0.2) is 26.5 Å². The van der Waals surface area contributed by atoms with E-state index in [4.69, 9.17) is 17.3 Å². The zero-order valence-corrected chi connectivity index (χ0v) is 12.1. The zero-order valence-electron chi connectivity index (χ0n) is 9.73. The maximum atomic E-state index is 11.9. The number of nitrogens with one attached hydrogen (secondary N) is 1. The normalized spacial score (nSPS) is 11.4.